The average Bonchev–Trinajstić information content (AvgIpc) is 2.56. The molecule has 0 saturated heterocycles. The second-order valence-electron chi connectivity index (χ2n) is 5.14. The van der Waals surface area contributed by atoms with E-state index in [0.29, 0.717) is 22.9 Å². The maximum Gasteiger partial charge on any atom is 0.133 e. The molecule has 104 valence electrons. The molecule has 0 aliphatic carbocycles. The Hall–Kier alpha value is -1.55. The van der Waals surface area contributed by atoms with Crippen LogP contribution in [0.2, 0.25) is 5.02 Å². The molecule has 1 aliphatic rings. The van der Waals surface area contributed by atoms with Gasteiger partial charge in [-0.25, -0.2) is 0 Å². The highest BCUT2D eigenvalue weighted by atomic mass is 35.5. The maximum absolute atomic E-state index is 11.3. The summed E-state index contributed by atoms with van der Waals surface area (Å²) in [7, 11) is 0. The third kappa shape index (κ3) is 1.90. The molecule has 3 nitrogen and oxygen atoms in total. The van der Waals surface area contributed by atoms with Gasteiger partial charge in [-0.1, -0.05) is 35.9 Å². The summed E-state index contributed by atoms with van der Waals surface area (Å²) in [6, 6.07) is 12.4. The Labute approximate surface area is 122 Å². The molecular weight excluding hydrogens is 274 g/mol. The lowest BCUT2D eigenvalue weighted by Gasteiger charge is -2.33. The van der Waals surface area contributed by atoms with Crippen LogP contribution in [0, 0.1) is 0 Å². The molecule has 2 unspecified atom stereocenters. The van der Waals surface area contributed by atoms with Crippen molar-refractivity contribution < 1.29 is 9.84 Å². The predicted octanol–water partition coefficient (Wildman–Crippen LogP) is 2.82. The quantitative estimate of drug-likeness (QED) is 0.849. The first-order valence-corrected chi connectivity index (χ1v) is 6.90. The minimum absolute atomic E-state index is 0.403. The normalized spacial score (nSPS) is 22.2. The molecule has 0 aromatic heterocycles. The summed E-state index contributed by atoms with van der Waals surface area (Å²) in [5.74, 6) is 0.616. The van der Waals surface area contributed by atoms with Crippen LogP contribution in [0.25, 0.3) is 0 Å². The monoisotopic (exact) mass is 289 g/mol. The molecule has 4 heteroatoms. The molecule has 2 atom stereocenters. The van der Waals surface area contributed by atoms with Crippen LogP contribution in [0.3, 0.4) is 0 Å². The van der Waals surface area contributed by atoms with Crippen molar-refractivity contribution in [1.29, 1.82) is 0 Å². The lowest BCUT2D eigenvalue weighted by atomic mass is 9.79. The van der Waals surface area contributed by atoms with E-state index in [2.05, 4.69) is 0 Å². The molecule has 3 rings (SSSR count). The Balaban J connectivity index is 2.33. The SMILES string of the molecule is CC(N)C1(O)c2ccccc2COc2ccc(Cl)cc21. The summed E-state index contributed by atoms with van der Waals surface area (Å²) >= 11 is 6.08. The molecule has 2 aromatic rings. The van der Waals surface area contributed by atoms with Gasteiger partial charge in [0.2, 0.25) is 0 Å². The third-order valence-corrected chi connectivity index (χ3v) is 4.06. The molecule has 3 N–H and O–H groups in total. The van der Waals surface area contributed by atoms with Crippen molar-refractivity contribution in [3.05, 3.63) is 64.2 Å². The summed E-state index contributed by atoms with van der Waals surface area (Å²) in [6.45, 7) is 2.19. The average molecular weight is 290 g/mol. The van der Waals surface area contributed by atoms with Crippen LogP contribution in [0.5, 0.6) is 5.75 Å². The van der Waals surface area contributed by atoms with E-state index in [9.17, 15) is 5.11 Å². The lowest BCUT2D eigenvalue weighted by Crippen LogP contribution is -2.44. The first-order valence-electron chi connectivity index (χ1n) is 6.52. The summed E-state index contributed by atoms with van der Waals surface area (Å²) < 4.78 is 5.80. The molecule has 2 aromatic carbocycles. The third-order valence-electron chi connectivity index (χ3n) is 3.82. The predicted molar refractivity (Wildman–Crippen MR) is 78.9 cm³/mol. The van der Waals surface area contributed by atoms with E-state index < -0.39 is 11.6 Å². The van der Waals surface area contributed by atoms with Gasteiger partial charge in [-0.2, -0.15) is 0 Å². The van der Waals surface area contributed by atoms with E-state index in [0.717, 1.165) is 11.1 Å². The molecule has 0 bridgehead atoms. The number of nitrogens with two attached hydrogens (primary N) is 1. The standard InChI is InChI=1S/C16H16ClNO2/c1-10(18)16(19)13-5-3-2-4-11(13)9-20-15-7-6-12(17)8-14(15)16/h2-8,10,19H,9,18H2,1H3. The highest BCUT2D eigenvalue weighted by Gasteiger charge is 2.41. The Morgan fingerprint density at radius 1 is 1.25 bits per heavy atom. The van der Waals surface area contributed by atoms with Crippen LogP contribution in [0.15, 0.2) is 42.5 Å². The van der Waals surface area contributed by atoms with E-state index in [1.807, 2.05) is 24.3 Å². The van der Waals surface area contributed by atoms with Crippen molar-refractivity contribution in [3.8, 4) is 5.75 Å². The number of rotatable bonds is 1. The number of hydrogen-bond donors (Lipinski definition) is 2. The smallest absolute Gasteiger partial charge is 0.133 e. The van der Waals surface area contributed by atoms with Gasteiger partial charge in [-0.3, -0.25) is 0 Å². The number of ether oxygens (including phenoxy) is 1. The highest BCUT2D eigenvalue weighted by Crippen LogP contribution is 2.43. The second-order valence-corrected chi connectivity index (χ2v) is 5.58. The van der Waals surface area contributed by atoms with Gasteiger partial charge in [-0.15, -0.1) is 0 Å². The van der Waals surface area contributed by atoms with Crippen molar-refractivity contribution in [2.45, 2.75) is 25.2 Å². The fraction of sp³-hybridized carbons (Fsp3) is 0.250. The van der Waals surface area contributed by atoms with E-state index >= 15 is 0 Å². The molecule has 0 saturated carbocycles. The number of aliphatic hydroxyl groups is 1. The zero-order valence-corrected chi connectivity index (χ0v) is 11.9. The van der Waals surface area contributed by atoms with Gasteiger partial charge >= 0.3 is 0 Å². The Morgan fingerprint density at radius 2 is 2.00 bits per heavy atom. The van der Waals surface area contributed by atoms with Crippen molar-refractivity contribution in [1.82, 2.24) is 0 Å². The molecule has 1 heterocycles. The minimum atomic E-state index is -1.31. The van der Waals surface area contributed by atoms with E-state index in [-0.39, 0.29) is 0 Å². The van der Waals surface area contributed by atoms with Gasteiger partial charge < -0.3 is 15.6 Å². The van der Waals surface area contributed by atoms with Gasteiger partial charge in [0, 0.05) is 16.6 Å². The Kier molecular flexibility index (Phi) is 3.21. The molecule has 0 spiro atoms. The van der Waals surface area contributed by atoms with Crippen molar-refractivity contribution in [2.75, 3.05) is 0 Å². The first-order chi connectivity index (χ1) is 9.53. The van der Waals surface area contributed by atoms with Gasteiger partial charge in [0.05, 0.1) is 0 Å². The highest BCUT2D eigenvalue weighted by molar-refractivity contribution is 6.30. The van der Waals surface area contributed by atoms with Crippen LogP contribution < -0.4 is 10.5 Å². The molecule has 0 fully saturated rings. The van der Waals surface area contributed by atoms with Gasteiger partial charge in [0.1, 0.15) is 18.0 Å². The van der Waals surface area contributed by atoms with Gasteiger partial charge in [0.25, 0.3) is 0 Å². The zero-order chi connectivity index (χ0) is 14.3. The fourth-order valence-electron chi connectivity index (χ4n) is 2.74. The Morgan fingerprint density at radius 3 is 2.75 bits per heavy atom. The van der Waals surface area contributed by atoms with Crippen molar-refractivity contribution in [2.24, 2.45) is 5.73 Å². The summed E-state index contributed by atoms with van der Waals surface area (Å²) in [5.41, 5.74) is 7.11. The topological polar surface area (TPSA) is 55.5 Å². The largest absolute Gasteiger partial charge is 0.488 e. The zero-order valence-electron chi connectivity index (χ0n) is 11.1. The van der Waals surface area contributed by atoms with Gasteiger partial charge in [0.15, 0.2) is 0 Å². The van der Waals surface area contributed by atoms with Crippen LogP contribution in [-0.4, -0.2) is 11.1 Å². The molecule has 0 radical (unpaired) electrons. The van der Waals surface area contributed by atoms with E-state index in [4.69, 9.17) is 22.1 Å². The molecular formula is C16H16ClNO2. The Bertz CT molecular complexity index is 657. The van der Waals surface area contributed by atoms with Crippen LogP contribution in [0.4, 0.5) is 0 Å². The van der Waals surface area contributed by atoms with Crippen LogP contribution >= 0.6 is 11.6 Å². The fourth-order valence-corrected chi connectivity index (χ4v) is 2.91. The minimum Gasteiger partial charge on any atom is -0.488 e. The molecule has 0 amide bonds. The number of fused-ring (bicyclic) bond motifs is 2. The molecule has 1 aliphatic heterocycles. The second kappa shape index (κ2) is 4.77. The number of hydrogen-bond acceptors (Lipinski definition) is 3. The van der Waals surface area contributed by atoms with E-state index in [1.165, 1.54) is 0 Å². The number of benzene rings is 2. The van der Waals surface area contributed by atoms with Crippen LogP contribution in [0.1, 0.15) is 23.6 Å². The summed E-state index contributed by atoms with van der Waals surface area (Å²) in [5, 5.41) is 11.8. The number of halogens is 1. The molecule has 20 heavy (non-hydrogen) atoms. The van der Waals surface area contributed by atoms with Crippen molar-refractivity contribution >= 4 is 11.6 Å². The first kappa shape index (κ1) is 13.4. The van der Waals surface area contributed by atoms with E-state index in [1.54, 1.807) is 25.1 Å². The summed E-state index contributed by atoms with van der Waals surface area (Å²) in [4.78, 5) is 0. The van der Waals surface area contributed by atoms with Crippen LogP contribution in [-0.2, 0) is 12.2 Å². The summed E-state index contributed by atoms with van der Waals surface area (Å²) in [6.07, 6.45) is 0. The van der Waals surface area contributed by atoms with Gasteiger partial charge in [-0.05, 0) is 36.2 Å². The lowest BCUT2D eigenvalue weighted by molar-refractivity contribution is 0.0572. The van der Waals surface area contributed by atoms with Crippen molar-refractivity contribution in [3.63, 3.8) is 0 Å². The maximum atomic E-state index is 11.3.